The molecule has 2 aromatic carbocycles. The molecule has 2 aromatic rings. The van der Waals surface area contributed by atoms with Crippen LogP contribution in [0.15, 0.2) is 48.2 Å². The SMILES string of the molecule is COc1cccc(/C=C2\NC(=O)N(CC(=O)Nc3ccc(C)cc3)C2=O)c1O[C@@H](C)C(=O)O. The van der Waals surface area contributed by atoms with Gasteiger partial charge in [-0.25, -0.2) is 14.5 Å². The highest BCUT2D eigenvalue weighted by atomic mass is 16.5. The molecule has 0 saturated carbocycles. The Kier molecular flexibility index (Phi) is 6.97. The summed E-state index contributed by atoms with van der Waals surface area (Å²) in [5, 5.41) is 14.2. The smallest absolute Gasteiger partial charge is 0.344 e. The van der Waals surface area contributed by atoms with Crippen molar-refractivity contribution in [2.24, 2.45) is 0 Å². The van der Waals surface area contributed by atoms with Crippen molar-refractivity contribution in [1.29, 1.82) is 0 Å². The molecule has 0 aliphatic carbocycles. The van der Waals surface area contributed by atoms with Gasteiger partial charge in [0.05, 0.1) is 7.11 Å². The fraction of sp³-hybridized carbons (Fsp3) is 0.217. The summed E-state index contributed by atoms with van der Waals surface area (Å²) in [6, 6.07) is 11.1. The molecule has 3 N–H and O–H groups in total. The molecule has 4 amide bonds. The first-order valence-electron chi connectivity index (χ1n) is 9.97. The number of urea groups is 1. The van der Waals surface area contributed by atoms with Gasteiger partial charge in [-0.1, -0.05) is 29.8 Å². The number of carboxylic acids is 1. The Morgan fingerprint density at radius 2 is 1.88 bits per heavy atom. The number of carboxylic acid groups (broad SMARTS) is 1. The first-order valence-corrected chi connectivity index (χ1v) is 9.97. The number of aliphatic carboxylic acids is 1. The van der Waals surface area contributed by atoms with Gasteiger partial charge in [0.15, 0.2) is 17.6 Å². The number of hydrogen-bond acceptors (Lipinski definition) is 6. The molecule has 0 aromatic heterocycles. The third-order valence-electron chi connectivity index (χ3n) is 4.77. The first-order chi connectivity index (χ1) is 15.7. The van der Waals surface area contributed by atoms with Gasteiger partial charge in [0.2, 0.25) is 5.91 Å². The van der Waals surface area contributed by atoms with E-state index in [4.69, 9.17) is 14.6 Å². The van der Waals surface area contributed by atoms with Gasteiger partial charge in [-0.2, -0.15) is 0 Å². The van der Waals surface area contributed by atoms with E-state index >= 15 is 0 Å². The number of hydrogen-bond donors (Lipinski definition) is 3. The van der Waals surface area contributed by atoms with Gasteiger partial charge < -0.3 is 25.2 Å². The lowest BCUT2D eigenvalue weighted by molar-refractivity contribution is -0.144. The Hall–Kier alpha value is -4.34. The Morgan fingerprint density at radius 3 is 2.52 bits per heavy atom. The Balaban J connectivity index is 1.80. The van der Waals surface area contributed by atoms with E-state index in [1.807, 2.05) is 19.1 Å². The number of aryl methyl sites for hydroxylation is 1. The molecular weight excluding hydrogens is 430 g/mol. The van der Waals surface area contributed by atoms with E-state index in [1.54, 1.807) is 30.3 Å². The fourth-order valence-corrected chi connectivity index (χ4v) is 3.01. The van der Waals surface area contributed by atoms with Crippen molar-refractivity contribution in [3.05, 3.63) is 59.3 Å². The maximum Gasteiger partial charge on any atom is 0.344 e. The van der Waals surface area contributed by atoms with Crippen LogP contribution in [0.2, 0.25) is 0 Å². The minimum Gasteiger partial charge on any atom is -0.493 e. The summed E-state index contributed by atoms with van der Waals surface area (Å²) in [5.41, 5.74) is 1.79. The molecule has 0 spiro atoms. The number of amides is 4. The molecule has 1 aliphatic heterocycles. The van der Waals surface area contributed by atoms with Gasteiger partial charge in [0.1, 0.15) is 12.2 Å². The van der Waals surface area contributed by atoms with Crippen molar-refractivity contribution < 1.29 is 33.8 Å². The zero-order chi connectivity index (χ0) is 24.1. The number of para-hydroxylation sites is 1. The third kappa shape index (κ3) is 5.48. The number of imide groups is 1. The molecule has 10 heteroatoms. The largest absolute Gasteiger partial charge is 0.493 e. The van der Waals surface area contributed by atoms with Gasteiger partial charge in [-0.3, -0.25) is 9.59 Å². The second kappa shape index (κ2) is 9.86. The number of rotatable bonds is 8. The highest BCUT2D eigenvalue weighted by molar-refractivity contribution is 6.16. The fourth-order valence-electron chi connectivity index (χ4n) is 3.01. The molecule has 0 unspecified atom stereocenters. The van der Waals surface area contributed by atoms with Crippen molar-refractivity contribution in [3.8, 4) is 11.5 Å². The lowest BCUT2D eigenvalue weighted by Crippen LogP contribution is -2.38. The van der Waals surface area contributed by atoms with Crippen LogP contribution in [0.4, 0.5) is 10.5 Å². The quantitative estimate of drug-likeness (QED) is 0.413. The highest BCUT2D eigenvalue weighted by Gasteiger charge is 2.35. The van der Waals surface area contributed by atoms with Crippen molar-refractivity contribution in [1.82, 2.24) is 10.2 Å². The number of carbonyl (C=O) groups is 4. The van der Waals surface area contributed by atoms with Gasteiger partial charge in [0, 0.05) is 11.3 Å². The molecule has 172 valence electrons. The second-order valence-corrected chi connectivity index (χ2v) is 7.27. The summed E-state index contributed by atoms with van der Waals surface area (Å²) >= 11 is 0. The molecule has 10 nitrogen and oxygen atoms in total. The number of anilines is 1. The van der Waals surface area contributed by atoms with Crippen molar-refractivity contribution >= 4 is 35.6 Å². The van der Waals surface area contributed by atoms with Crippen molar-refractivity contribution in [3.63, 3.8) is 0 Å². The van der Waals surface area contributed by atoms with Crippen LogP contribution in [0.25, 0.3) is 6.08 Å². The zero-order valence-electron chi connectivity index (χ0n) is 18.2. The number of carbonyl (C=O) groups excluding carboxylic acids is 3. The van der Waals surface area contributed by atoms with E-state index in [2.05, 4.69) is 10.6 Å². The molecule has 1 aliphatic rings. The minimum atomic E-state index is -1.19. The molecule has 3 rings (SSSR count). The molecule has 1 atom stereocenters. The molecule has 33 heavy (non-hydrogen) atoms. The van der Waals surface area contributed by atoms with Crippen LogP contribution in [0.5, 0.6) is 11.5 Å². The standard InChI is InChI=1S/C23H23N3O7/c1-13-7-9-16(10-8-13)24-19(27)12-26-21(28)17(25-23(26)31)11-15-5-4-6-18(32-3)20(15)33-14(2)22(29)30/h4-11,14H,12H2,1-3H3,(H,24,27)(H,25,31)(H,29,30)/b17-11-/t14-/m0/s1. The number of benzene rings is 2. The number of nitrogens with zero attached hydrogens (tertiary/aromatic N) is 1. The van der Waals surface area contributed by atoms with Crippen LogP contribution in [-0.4, -0.2) is 53.6 Å². The lowest BCUT2D eigenvalue weighted by Gasteiger charge is -2.16. The molecular formula is C23H23N3O7. The molecule has 1 fully saturated rings. The average molecular weight is 453 g/mol. The maximum atomic E-state index is 12.8. The first kappa shape index (κ1) is 23.3. The van der Waals surface area contributed by atoms with E-state index in [0.717, 1.165) is 10.5 Å². The average Bonchev–Trinajstić information content (AvgIpc) is 3.03. The predicted octanol–water partition coefficient (Wildman–Crippen LogP) is 2.39. The van der Waals surface area contributed by atoms with E-state index in [0.29, 0.717) is 11.3 Å². The third-order valence-corrected chi connectivity index (χ3v) is 4.77. The maximum absolute atomic E-state index is 12.8. The molecule has 0 radical (unpaired) electrons. The van der Waals surface area contributed by atoms with Crippen LogP contribution < -0.4 is 20.1 Å². The van der Waals surface area contributed by atoms with E-state index in [1.165, 1.54) is 20.1 Å². The molecule has 1 heterocycles. The second-order valence-electron chi connectivity index (χ2n) is 7.27. The van der Waals surface area contributed by atoms with Crippen LogP contribution in [0, 0.1) is 6.92 Å². The van der Waals surface area contributed by atoms with Crippen molar-refractivity contribution in [2.75, 3.05) is 19.0 Å². The van der Waals surface area contributed by atoms with E-state index in [9.17, 15) is 19.2 Å². The Labute approximate surface area is 189 Å². The van der Waals surface area contributed by atoms with E-state index in [-0.39, 0.29) is 17.2 Å². The predicted molar refractivity (Wildman–Crippen MR) is 119 cm³/mol. The van der Waals surface area contributed by atoms with Gasteiger partial charge >= 0.3 is 12.0 Å². The van der Waals surface area contributed by atoms with Gasteiger partial charge in [-0.15, -0.1) is 0 Å². The normalized spacial score (nSPS) is 15.2. The molecule has 1 saturated heterocycles. The number of nitrogens with one attached hydrogen (secondary N) is 2. The number of methoxy groups -OCH3 is 1. The minimum absolute atomic E-state index is 0.0933. The molecule has 0 bridgehead atoms. The van der Waals surface area contributed by atoms with Crippen LogP contribution in [0.1, 0.15) is 18.1 Å². The number of ether oxygens (including phenoxy) is 2. The van der Waals surface area contributed by atoms with Gasteiger partial charge in [0.25, 0.3) is 5.91 Å². The summed E-state index contributed by atoms with van der Waals surface area (Å²) in [6.45, 7) is 2.78. The summed E-state index contributed by atoms with van der Waals surface area (Å²) < 4.78 is 10.7. The van der Waals surface area contributed by atoms with Crippen LogP contribution in [-0.2, 0) is 14.4 Å². The zero-order valence-corrected chi connectivity index (χ0v) is 18.2. The van der Waals surface area contributed by atoms with Crippen molar-refractivity contribution in [2.45, 2.75) is 20.0 Å². The topological polar surface area (TPSA) is 134 Å². The summed E-state index contributed by atoms with van der Waals surface area (Å²) in [5.74, 6) is -2.08. The lowest BCUT2D eigenvalue weighted by atomic mass is 10.1. The monoisotopic (exact) mass is 453 g/mol. The van der Waals surface area contributed by atoms with E-state index < -0.39 is 36.5 Å². The summed E-state index contributed by atoms with van der Waals surface area (Å²) in [6.07, 6.45) is 0.152. The van der Waals surface area contributed by atoms with Gasteiger partial charge in [-0.05, 0) is 38.1 Å². The highest BCUT2D eigenvalue weighted by Crippen LogP contribution is 2.34. The Morgan fingerprint density at radius 1 is 1.18 bits per heavy atom. The summed E-state index contributed by atoms with van der Waals surface area (Å²) in [7, 11) is 1.39. The van der Waals surface area contributed by atoms with Crippen LogP contribution >= 0.6 is 0 Å². The Bertz CT molecular complexity index is 1130. The van der Waals surface area contributed by atoms with Crippen LogP contribution in [0.3, 0.4) is 0 Å². The summed E-state index contributed by atoms with van der Waals surface area (Å²) in [4.78, 5) is 49.4.